The molecule has 7 nitrogen and oxygen atoms in total. The van der Waals surface area contributed by atoms with E-state index >= 15 is 0 Å². The van der Waals surface area contributed by atoms with Gasteiger partial charge in [-0.25, -0.2) is 32.6 Å². The molecule has 1 N–H and O–H groups in total. The zero-order chi connectivity index (χ0) is 15.4. The summed E-state index contributed by atoms with van der Waals surface area (Å²) < 4.78 is 27.7. The van der Waals surface area contributed by atoms with Crippen molar-refractivity contribution >= 4 is 17.3 Å². The van der Waals surface area contributed by atoms with Gasteiger partial charge in [-0.15, -0.1) is 0 Å². The van der Waals surface area contributed by atoms with Crippen molar-refractivity contribution < 1.29 is 18.7 Å². The molecule has 0 aromatic carbocycles. The van der Waals surface area contributed by atoms with Gasteiger partial charge in [-0.2, -0.15) is 5.10 Å². The molecule has 112 valence electrons. The molecule has 21 heavy (non-hydrogen) atoms. The van der Waals surface area contributed by atoms with E-state index in [-0.39, 0.29) is 28.7 Å². The molecule has 2 heterocycles. The van der Waals surface area contributed by atoms with Gasteiger partial charge in [0.05, 0.1) is 12.2 Å². The Hall–Kier alpha value is -2.10. The molecular formula is C11H10F2N4O3S. The minimum atomic E-state index is -2.72. The van der Waals surface area contributed by atoms with Crippen molar-refractivity contribution in [3.05, 3.63) is 27.4 Å². The molecule has 3 rings (SSSR count). The number of aryl methyl sites for hydroxylation is 1. The van der Waals surface area contributed by atoms with Crippen LogP contribution in [0.3, 0.4) is 0 Å². The maximum absolute atomic E-state index is 12.9. The Kier molecular flexibility index (Phi) is 2.94. The number of aromatic carboxylic acids is 1. The minimum absolute atomic E-state index is 0.0263. The van der Waals surface area contributed by atoms with E-state index in [1.54, 1.807) is 0 Å². The number of nitrogens with zero attached hydrogens (tertiary/aromatic N) is 4. The quantitative estimate of drug-likeness (QED) is 0.914. The van der Waals surface area contributed by atoms with E-state index in [0.29, 0.717) is 0 Å². The van der Waals surface area contributed by atoms with Gasteiger partial charge in [-0.3, -0.25) is 0 Å². The van der Waals surface area contributed by atoms with E-state index in [4.69, 9.17) is 5.11 Å². The first-order valence-corrected chi connectivity index (χ1v) is 6.84. The van der Waals surface area contributed by atoms with E-state index in [1.807, 2.05) is 0 Å². The molecule has 0 aliphatic heterocycles. The van der Waals surface area contributed by atoms with Crippen molar-refractivity contribution in [3.63, 3.8) is 0 Å². The predicted octanol–water partition coefficient (Wildman–Crippen LogP) is 1.15. The Labute approximate surface area is 120 Å². The molecule has 1 unspecified atom stereocenters. The Morgan fingerprint density at radius 2 is 2.29 bits per heavy atom. The predicted molar refractivity (Wildman–Crippen MR) is 68.2 cm³/mol. The topological polar surface area (TPSA) is 90.0 Å². The molecule has 0 amide bonds. The largest absolute Gasteiger partial charge is 0.477 e. The first-order valence-electron chi connectivity index (χ1n) is 6.03. The lowest BCUT2D eigenvalue weighted by Crippen LogP contribution is -2.25. The van der Waals surface area contributed by atoms with Gasteiger partial charge < -0.3 is 5.11 Å². The molecule has 1 fully saturated rings. The van der Waals surface area contributed by atoms with Gasteiger partial charge in [-0.05, 0) is 6.92 Å². The maximum Gasteiger partial charge on any atom is 0.352 e. The summed E-state index contributed by atoms with van der Waals surface area (Å²) in [6, 6.07) is 0. The number of rotatable bonds is 4. The van der Waals surface area contributed by atoms with Crippen LogP contribution in [-0.2, 0) is 6.54 Å². The second kappa shape index (κ2) is 4.45. The van der Waals surface area contributed by atoms with E-state index in [0.717, 1.165) is 26.9 Å². The average molecular weight is 316 g/mol. The third-order valence-electron chi connectivity index (χ3n) is 3.27. The highest BCUT2D eigenvalue weighted by Gasteiger charge is 2.57. The van der Waals surface area contributed by atoms with E-state index in [9.17, 15) is 18.4 Å². The second-order valence-corrected chi connectivity index (χ2v) is 5.82. The van der Waals surface area contributed by atoms with Crippen LogP contribution in [0.4, 0.5) is 8.78 Å². The number of hydrogen-bond donors (Lipinski definition) is 1. The minimum Gasteiger partial charge on any atom is -0.477 e. The molecule has 2 aromatic rings. The SMILES string of the molecule is Cc1nc(-n2cnn(CC3CC3(F)F)c2=O)sc1C(=O)O. The number of hydrogen-bond acceptors (Lipinski definition) is 5. The molecule has 0 radical (unpaired) electrons. The fraction of sp³-hybridized carbons (Fsp3) is 0.455. The fourth-order valence-corrected chi connectivity index (χ4v) is 2.82. The molecular weight excluding hydrogens is 306 g/mol. The third-order valence-corrected chi connectivity index (χ3v) is 4.41. The molecule has 10 heteroatoms. The highest BCUT2D eigenvalue weighted by atomic mass is 32.1. The summed E-state index contributed by atoms with van der Waals surface area (Å²) in [7, 11) is 0. The zero-order valence-corrected chi connectivity index (χ0v) is 11.6. The van der Waals surface area contributed by atoms with Crippen molar-refractivity contribution in [3.8, 4) is 5.13 Å². The first kappa shape index (κ1) is 13.9. The van der Waals surface area contributed by atoms with Gasteiger partial charge in [0.15, 0.2) is 5.13 Å². The molecule has 0 saturated heterocycles. The van der Waals surface area contributed by atoms with Gasteiger partial charge in [0.2, 0.25) is 0 Å². The monoisotopic (exact) mass is 316 g/mol. The number of alkyl halides is 2. The van der Waals surface area contributed by atoms with Gasteiger partial charge in [0.25, 0.3) is 5.92 Å². The van der Waals surface area contributed by atoms with Gasteiger partial charge in [-0.1, -0.05) is 11.3 Å². The summed E-state index contributed by atoms with van der Waals surface area (Å²) in [5.41, 5.74) is -0.320. The molecule has 1 aliphatic carbocycles. The molecule has 1 atom stereocenters. The molecule has 0 spiro atoms. The Morgan fingerprint density at radius 1 is 1.62 bits per heavy atom. The van der Waals surface area contributed by atoms with Crippen LogP contribution in [0.15, 0.2) is 11.1 Å². The zero-order valence-electron chi connectivity index (χ0n) is 10.8. The highest BCUT2D eigenvalue weighted by molar-refractivity contribution is 7.16. The van der Waals surface area contributed by atoms with Gasteiger partial charge >= 0.3 is 11.7 Å². The number of carbonyl (C=O) groups is 1. The number of aromatic nitrogens is 4. The smallest absolute Gasteiger partial charge is 0.352 e. The standard InChI is InChI=1S/C11H10F2N4O3S/c1-5-7(8(18)19)21-9(15-5)16-4-14-17(10(16)20)3-6-2-11(6,12)13/h4,6H,2-3H2,1H3,(H,18,19). The summed E-state index contributed by atoms with van der Waals surface area (Å²) >= 11 is 0.833. The van der Waals surface area contributed by atoms with E-state index in [2.05, 4.69) is 10.1 Å². The van der Waals surface area contributed by atoms with Crippen molar-refractivity contribution in [1.82, 2.24) is 19.3 Å². The Bertz CT molecular complexity index is 779. The van der Waals surface area contributed by atoms with Crippen LogP contribution in [0.5, 0.6) is 0 Å². The fourth-order valence-electron chi connectivity index (χ4n) is 1.95. The lowest BCUT2D eigenvalue weighted by Gasteiger charge is -1.97. The second-order valence-electron chi connectivity index (χ2n) is 4.84. The summed E-state index contributed by atoms with van der Waals surface area (Å²) in [6.07, 6.45) is 0.915. The van der Waals surface area contributed by atoms with Crippen molar-refractivity contribution in [2.75, 3.05) is 0 Å². The maximum atomic E-state index is 12.9. The summed E-state index contributed by atoms with van der Waals surface area (Å²) in [4.78, 5) is 27.1. The van der Waals surface area contributed by atoms with Crippen molar-refractivity contribution in [1.29, 1.82) is 0 Å². The van der Waals surface area contributed by atoms with Crippen LogP contribution in [0.2, 0.25) is 0 Å². The lowest BCUT2D eigenvalue weighted by atomic mass is 10.4. The van der Waals surface area contributed by atoms with E-state index in [1.165, 1.54) is 6.92 Å². The molecule has 1 aliphatic rings. The highest BCUT2D eigenvalue weighted by Crippen LogP contribution is 2.49. The summed E-state index contributed by atoms with van der Waals surface area (Å²) in [5, 5.41) is 12.9. The van der Waals surface area contributed by atoms with Crippen molar-refractivity contribution in [2.24, 2.45) is 5.92 Å². The summed E-state index contributed by atoms with van der Waals surface area (Å²) in [5.74, 6) is -4.72. The van der Waals surface area contributed by atoms with Gasteiger partial charge in [0.1, 0.15) is 11.2 Å². The number of halogens is 2. The van der Waals surface area contributed by atoms with Crippen LogP contribution in [0.1, 0.15) is 21.8 Å². The van der Waals surface area contributed by atoms with Crippen LogP contribution in [0.25, 0.3) is 5.13 Å². The number of thiazole rings is 1. The lowest BCUT2D eigenvalue weighted by molar-refractivity contribution is 0.0701. The molecule has 1 saturated carbocycles. The molecule has 2 aromatic heterocycles. The Morgan fingerprint density at radius 3 is 2.81 bits per heavy atom. The van der Waals surface area contributed by atoms with Crippen LogP contribution >= 0.6 is 11.3 Å². The van der Waals surface area contributed by atoms with Crippen molar-refractivity contribution in [2.45, 2.75) is 25.8 Å². The number of carboxylic acid groups (broad SMARTS) is 1. The summed E-state index contributed by atoms with van der Waals surface area (Å²) in [6.45, 7) is 1.36. The van der Waals surface area contributed by atoms with Crippen LogP contribution < -0.4 is 5.69 Å². The van der Waals surface area contributed by atoms with Crippen LogP contribution in [0, 0.1) is 12.8 Å². The van der Waals surface area contributed by atoms with Crippen LogP contribution in [-0.4, -0.2) is 36.3 Å². The average Bonchev–Trinajstić information content (AvgIpc) is 2.74. The van der Waals surface area contributed by atoms with Gasteiger partial charge in [0, 0.05) is 12.3 Å². The third kappa shape index (κ3) is 2.35. The Balaban J connectivity index is 1.90. The number of carboxylic acids is 1. The van der Waals surface area contributed by atoms with E-state index < -0.39 is 23.5 Å². The molecule has 0 bridgehead atoms. The first-order chi connectivity index (χ1) is 9.79. The normalized spacial score (nSPS) is 19.7.